The van der Waals surface area contributed by atoms with E-state index in [1.807, 2.05) is 24.3 Å². The van der Waals surface area contributed by atoms with Crippen LogP contribution in [0.15, 0.2) is 42.5 Å². The number of hydrogen-bond donors (Lipinski definition) is 2. The maximum atomic E-state index is 13.0. The molecule has 0 spiro atoms. The summed E-state index contributed by atoms with van der Waals surface area (Å²) in [7, 11) is 0. The van der Waals surface area contributed by atoms with E-state index in [4.69, 9.17) is 5.11 Å². The van der Waals surface area contributed by atoms with Crippen molar-refractivity contribution in [1.29, 1.82) is 0 Å². The summed E-state index contributed by atoms with van der Waals surface area (Å²) < 4.78 is 26.0. The first kappa shape index (κ1) is 13.5. The molecule has 100 valence electrons. The summed E-state index contributed by atoms with van der Waals surface area (Å²) in [5, 5.41) is 11.9. The second kappa shape index (κ2) is 6.29. The molecule has 0 fully saturated rings. The molecule has 2 rings (SSSR count). The number of benzene rings is 2. The Morgan fingerprint density at radius 1 is 0.895 bits per heavy atom. The minimum absolute atomic E-state index is 0.120. The summed E-state index contributed by atoms with van der Waals surface area (Å²) in [5.74, 6) is -1.15. The molecule has 0 heterocycles. The second-order valence-corrected chi connectivity index (χ2v) is 4.30. The van der Waals surface area contributed by atoms with Crippen LogP contribution < -0.4 is 5.32 Å². The van der Waals surface area contributed by atoms with E-state index in [9.17, 15) is 8.78 Å². The van der Waals surface area contributed by atoms with Gasteiger partial charge in [0.2, 0.25) is 0 Å². The van der Waals surface area contributed by atoms with E-state index < -0.39 is 11.6 Å². The minimum atomic E-state index is -0.574. The number of anilines is 1. The second-order valence-electron chi connectivity index (χ2n) is 4.30. The zero-order valence-electron chi connectivity index (χ0n) is 10.4. The number of halogens is 2. The van der Waals surface area contributed by atoms with Gasteiger partial charge in [-0.05, 0) is 41.8 Å². The smallest absolute Gasteiger partial charge is 0.126 e. The van der Waals surface area contributed by atoms with Crippen molar-refractivity contribution in [3.63, 3.8) is 0 Å². The van der Waals surface area contributed by atoms with Crippen molar-refractivity contribution in [2.45, 2.75) is 13.0 Å². The maximum absolute atomic E-state index is 13.0. The molecule has 2 N–H and O–H groups in total. The molecule has 4 heteroatoms. The van der Waals surface area contributed by atoms with Crippen LogP contribution in [0.4, 0.5) is 14.5 Å². The van der Waals surface area contributed by atoms with Crippen LogP contribution in [-0.4, -0.2) is 11.7 Å². The van der Waals surface area contributed by atoms with Gasteiger partial charge in [0.1, 0.15) is 11.6 Å². The number of hydrogen-bond acceptors (Lipinski definition) is 2. The molecular weight excluding hydrogens is 248 g/mol. The van der Waals surface area contributed by atoms with Gasteiger partial charge in [-0.2, -0.15) is 0 Å². The van der Waals surface area contributed by atoms with Crippen LogP contribution in [0.2, 0.25) is 0 Å². The van der Waals surface area contributed by atoms with Crippen molar-refractivity contribution < 1.29 is 13.9 Å². The first-order valence-electron chi connectivity index (χ1n) is 6.06. The molecule has 0 unspecified atom stereocenters. The minimum Gasteiger partial charge on any atom is -0.396 e. The van der Waals surface area contributed by atoms with Gasteiger partial charge in [-0.15, -0.1) is 0 Å². The Kier molecular flexibility index (Phi) is 4.47. The quantitative estimate of drug-likeness (QED) is 0.868. The molecular formula is C15H15F2NO. The third-order valence-electron chi connectivity index (χ3n) is 2.77. The highest BCUT2D eigenvalue weighted by atomic mass is 19.1. The summed E-state index contributed by atoms with van der Waals surface area (Å²) in [5.41, 5.74) is 2.47. The average molecular weight is 263 g/mol. The molecule has 0 aliphatic heterocycles. The first-order chi connectivity index (χ1) is 9.17. The fourth-order valence-corrected chi connectivity index (χ4v) is 1.84. The lowest BCUT2D eigenvalue weighted by Gasteiger charge is -2.08. The molecule has 0 aliphatic rings. The average Bonchev–Trinajstić information content (AvgIpc) is 2.37. The Balaban J connectivity index is 1.98. The van der Waals surface area contributed by atoms with Gasteiger partial charge >= 0.3 is 0 Å². The number of rotatable bonds is 5. The van der Waals surface area contributed by atoms with Crippen LogP contribution >= 0.6 is 0 Å². The molecule has 0 bridgehead atoms. The predicted molar refractivity (Wildman–Crippen MR) is 70.9 cm³/mol. The van der Waals surface area contributed by atoms with Crippen LogP contribution in [0.25, 0.3) is 0 Å². The van der Waals surface area contributed by atoms with E-state index in [0.717, 1.165) is 17.3 Å². The molecule has 0 saturated heterocycles. The molecule has 2 nitrogen and oxygen atoms in total. The molecule has 0 saturated carbocycles. The fraction of sp³-hybridized carbons (Fsp3) is 0.200. The lowest BCUT2D eigenvalue weighted by atomic mass is 10.1. The van der Waals surface area contributed by atoms with Crippen LogP contribution in [0.1, 0.15) is 11.1 Å². The van der Waals surface area contributed by atoms with Gasteiger partial charge < -0.3 is 10.4 Å². The van der Waals surface area contributed by atoms with Crippen molar-refractivity contribution >= 4 is 5.69 Å². The molecule has 0 aliphatic carbocycles. The SMILES string of the molecule is OCCc1ccc(NCc2cc(F)cc(F)c2)cc1. The van der Waals surface area contributed by atoms with Gasteiger partial charge in [-0.3, -0.25) is 0 Å². The van der Waals surface area contributed by atoms with Crippen LogP contribution in [0.3, 0.4) is 0 Å². The van der Waals surface area contributed by atoms with Crippen LogP contribution in [-0.2, 0) is 13.0 Å². The van der Waals surface area contributed by atoms with Gasteiger partial charge in [0.25, 0.3) is 0 Å². The van der Waals surface area contributed by atoms with E-state index in [0.29, 0.717) is 18.5 Å². The monoisotopic (exact) mass is 263 g/mol. The lowest BCUT2D eigenvalue weighted by Crippen LogP contribution is -2.01. The highest BCUT2D eigenvalue weighted by Gasteiger charge is 2.01. The molecule has 0 radical (unpaired) electrons. The zero-order chi connectivity index (χ0) is 13.7. The summed E-state index contributed by atoms with van der Waals surface area (Å²) >= 11 is 0. The Morgan fingerprint density at radius 3 is 2.11 bits per heavy atom. The summed E-state index contributed by atoms with van der Waals surface area (Å²) in [4.78, 5) is 0. The van der Waals surface area contributed by atoms with Gasteiger partial charge in [0, 0.05) is 24.9 Å². The van der Waals surface area contributed by atoms with Gasteiger partial charge in [-0.1, -0.05) is 12.1 Å². The number of aliphatic hydroxyl groups excluding tert-OH is 1. The third kappa shape index (κ3) is 4.03. The first-order valence-corrected chi connectivity index (χ1v) is 6.06. The number of aliphatic hydroxyl groups is 1. The zero-order valence-corrected chi connectivity index (χ0v) is 10.4. The molecule has 2 aromatic rings. The van der Waals surface area contributed by atoms with Gasteiger partial charge in [-0.25, -0.2) is 8.78 Å². The summed E-state index contributed by atoms with van der Waals surface area (Å²) in [6.45, 7) is 0.476. The van der Waals surface area contributed by atoms with Crippen molar-refractivity contribution in [3.05, 3.63) is 65.2 Å². The lowest BCUT2D eigenvalue weighted by molar-refractivity contribution is 0.299. The molecule has 2 aromatic carbocycles. The predicted octanol–water partition coefficient (Wildman–Crippen LogP) is 3.11. The number of nitrogens with one attached hydrogen (secondary N) is 1. The fourth-order valence-electron chi connectivity index (χ4n) is 1.84. The molecule has 19 heavy (non-hydrogen) atoms. The highest BCUT2D eigenvalue weighted by molar-refractivity contribution is 5.45. The van der Waals surface area contributed by atoms with Crippen molar-refractivity contribution in [1.82, 2.24) is 0 Å². The summed E-state index contributed by atoms with van der Waals surface area (Å²) in [6, 6.07) is 11.0. The molecule has 0 amide bonds. The van der Waals surface area contributed by atoms with Crippen molar-refractivity contribution in [2.24, 2.45) is 0 Å². The molecule has 0 atom stereocenters. The van der Waals surface area contributed by atoms with Crippen LogP contribution in [0, 0.1) is 11.6 Å². The Bertz CT molecular complexity index is 520. The normalized spacial score (nSPS) is 10.5. The Morgan fingerprint density at radius 2 is 1.53 bits per heavy atom. The Hall–Kier alpha value is -1.94. The van der Waals surface area contributed by atoms with E-state index in [1.165, 1.54) is 12.1 Å². The third-order valence-corrected chi connectivity index (χ3v) is 2.77. The summed E-state index contributed by atoms with van der Waals surface area (Å²) in [6.07, 6.45) is 0.620. The maximum Gasteiger partial charge on any atom is 0.126 e. The van der Waals surface area contributed by atoms with E-state index in [-0.39, 0.29) is 6.61 Å². The van der Waals surface area contributed by atoms with Crippen molar-refractivity contribution in [3.8, 4) is 0 Å². The van der Waals surface area contributed by atoms with E-state index in [1.54, 1.807) is 0 Å². The Labute approximate surface area is 110 Å². The molecule has 0 aromatic heterocycles. The topological polar surface area (TPSA) is 32.3 Å². The highest BCUT2D eigenvalue weighted by Crippen LogP contribution is 2.13. The van der Waals surface area contributed by atoms with Crippen molar-refractivity contribution in [2.75, 3.05) is 11.9 Å². The van der Waals surface area contributed by atoms with E-state index >= 15 is 0 Å². The standard InChI is InChI=1S/C15H15F2NO/c16-13-7-12(8-14(17)9-13)10-18-15-3-1-11(2-4-15)5-6-19/h1-4,7-9,18-19H,5-6,10H2. The van der Waals surface area contributed by atoms with E-state index in [2.05, 4.69) is 5.32 Å². The van der Waals surface area contributed by atoms with Crippen LogP contribution in [0.5, 0.6) is 0 Å². The van der Waals surface area contributed by atoms with Gasteiger partial charge in [0.05, 0.1) is 0 Å². The largest absolute Gasteiger partial charge is 0.396 e. The van der Waals surface area contributed by atoms with Gasteiger partial charge in [0.15, 0.2) is 0 Å².